The predicted molar refractivity (Wildman–Crippen MR) is 121 cm³/mol. The fourth-order valence-electron chi connectivity index (χ4n) is 4.21. The van der Waals surface area contributed by atoms with E-state index in [0.29, 0.717) is 43.8 Å². The fourth-order valence-corrected chi connectivity index (χ4v) is 5.32. The second-order valence-electron chi connectivity index (χ2n) is 7.39. The van der Waals surface area contributed by atoms with E-state index in [-0.39, 0.29) is 11.5 Å². The molecule has 7 nitrogen and oxygen atoms in total. The van der Waals surface area contributed by atoms with Crippen LogP contribution in [0.4, 0.5) is 5.69 Å². The van der Waals surface area contributed by atoms with E-state index in [1.807, 2.05) is 55.5 Å². The van der Waals surface area contributed by atoms with Crippen molar-refractivity contribution in [3.8, 4) is 0 Å². The molecule has 0 bridgehead atoms. The molecular formula is C24H19N3O4S. The first-order chi connectivity index (χ1) is 15.5. The maximum absolute atomic E-state index is 13.7. The molecule has 0 saturated carbocycles. The van der Waals surface area contributed by atoms with Gasteiger partial charge in [0.15, 0.2) is 4.80 Å². The first kappa shape index (κ1) is 20.1. The van der Waals surface area contributed by atoms with Gasteiger partial charge in [0.2, 0.25) is 0 Å². The Labute approximate surface area is 187 Å². The van der Waals surface area contributed by atoms with Gasteiger partial charge in [-0.05, 0) is 18.1 Å². The number of methoxy groups -OCH3 is 1. The first-order valence-electron chi connectivity index (χ1n) is 10.2. The van der Waals surface area contributed by atoms with Crippen molar-refractivity contribution >= 4 is 34.5 Å². The third kappa shape index (κ3) is 2.95. The molecule has 1 atom stereocenters. The number of para-hydroxylation sites is 1. The minimum atomic E-state index is -0.691. The molecule has 0 saturated heterocycles. The van der Waals surface area contributed by atoms with Crippen LogP contribution in [-0.4, -0.2) is 23.6 Å². The number of hydrogen-bond acceptors (Lipinski definition) is 6. The number of esters is 1. The van der Waals surface area contributed by atoms with Crippen molar-refractivity contribution in [3.05, 3.63) is 96.7 Å². The molecule has 8 heteroatoms. The lowest BCUT2D eigenvalue weighted by Crippen LogP contribution is -2.40. The number of amides is 1. The topological polar surface area (TPSA) is 89.8 Å². The number of carbonyl (C=O) groups is 2. The summed E-state index contributed by atoms with van der Waals surface area (Å²) in [6.45, 7) is 1.90. The largest absolute Gasteiger partial charge is 0.466 e. The Bertz CT molecular complexity index is 1480. The Morgan fingerprint density at radius 3 is 2.56 bits per heavy atom. The summed E-state index contributed by atoms with van der Waals surface area (Å²) in [6, 6.07) is 15.9. The van der Waals surface area contributed by atoms with Gasteiger partial charge < -0.3 is 10.1 Å². The SMILES string of the molecule is CCC1=C(C(=O)OC)[C@H](c2ccccc2)n2c(s/c(=C3\C(=O)Nc4ccccc43)c2=O)=N1. The number of benzene rings is 2. The maximum Gasteiger partial charge on any atom is 0.338 e. The molecule has 32 heavy (non-hydrogen) atoms. The number of hydrogen-bond donors (Lipinski definition) is 1. The summed E-state index contributed by atoms with van der Waals surface area (Å²) in [5, 5.41) is 2.82. The number of nitrogens with zero attached hydrogens (tertiary/aromatic N) is 2. The molecule has 0 radical (unpaired) electrons. The third-order valence-corrected chi connectivity index (χ3v) is 6.69. The van der Waals surface area contributed by atoms with Crippen molar-refractivity contribution in [2.75, 3.05) is 12.4 Å². The van der Waals surface area contributed by atoms with Gasteiger partial charge in [0.05, 0.1) is 30.0 Å². The predicted octanol–water partition coefficient (Wildman–Crippen LogP) is 2.12. The van der Waals surface area contributed by atoms with Crippen LogP contribution < -0.4 is 20.2 Å². The van der Waals surface area contributed by atoms with Gasteiger partial charge in [0.25, 0.3) is 11.5 Å². The Morgan fingerprint density at radius 2 is 1.84 bits per heavy atom. The fraction of sp³-hybridized carbons (Fsp3) is 0.167. The van der Waals surface area contributed by atoms with Crippen LogP contribution in [0.15, 0.2) is 75.7 Å². The Balaban J connectivity index is 1.87. The molecule has 0 fully saturated rings. The first-order valence-corrected chi connectivity index (χ1v) is 11.0. The van der Waals surface area contributed by atoms with E-state index in [9.17, 15) is 14.4 Å². The van der Waals surface area contributed by atoms with Crippen molar-refractivity contribution in [1.82, 2.24) is 4.57 Å². The van der Waals surface area contributed by atoms with Gasteiger partial charge in [-0.1, -0.05) is 66.8 Å². The lowest BCUT2D eigenvalue weighted by molar-refractivity contribution is -0.136. The molecule has 2 aliphatic heterocycles. The highest BCUT2D eigenvalue weighted by molar-refractivity contribution is 7.07. The minimum absolute atomic E-state index is 0.300. The van der Waals surface area contributed by atoms with Crippen molar-refractivity contribution in [2.24, 2.45) is 4.99 Å². The Morgan fingerprint density at radius 1 is 1.12 bits per heavy atom. The van der Waals surface area contributed by atoms with E-state index < -0.39 is 12.0 Å². The zero-order chi connectivity index (χ0) is 22.4. The molecule has 3 heterocycles. The second-order valence-corrected chi connectivity index (χ2v) is 8.37. The monoisotopic (exact) mass is 445 g/mol. The molecule has 0 spiro atoms. The number of rotatable bonds is 3. The van der Waals surface area contributed by atoms with Gasteiger partial charge in [-0.3, -0.25) is 14.2 Å². The highest BCUT2D eigenvalue weighted by Gasteiger charge is 2.35. The molecule has 0 unspecified atom stereocenters. The van der Waals surface area contributed by atoms with Gasteiger partial charge in [0, 0.05) is 11.3 Å². The van der Waals surface area contributed by atoms with Crippen LogP contribution in [0.5, 0.6) is 0 Å². The number of thiazole rings is 1. The summed E-state index contributed by atoms with van der Waals surface area (Å²) in [5.41, 5.74) is 2.99. The van der Waals surface area contributed by atoms with Crippen LogP contribution in [0.2, 0.25) is 0 Å². The molecule has 2 aliphatic rings. The van der Waals surface area contributed by atoms with Gasteiger partial charge in [0.1, 0.15) is 4.53 Å². The number of aromatic nitrogens is 1. The number of ether oxygens (including phenoxy) is 1. The molecule has 2 aromatic carbocycles. The Hall–Kier alpha value is -3.78. The van der Waals surface area contributed by atoms with Crippen molar-refractivity contribution < 1.29 is 14.3 Å². The van der Waals surface area contributed by atoms with Crippen LogP contribution in [-0.2, 0) is 14.3 Å². The van der Waals surface area contributed by atoms with E-state index in [1.165, 1.54) is 23.0 Å². The lowest BCUT2D eigenvalue weighted by atomic mass is 9.95. The second kappa shape index (κ2) is 7.72. The zero-order valence-electron chi connectivity index (χ0n) is 17.4. The van der Waals surface area contributed by atoms with E-state index in [1.54, 1.807) is 6.07 Å². The summed E-state index contributed by atoms with van der Waals surface area (Å²) in [5.74, 6) is -0.850. The quantitative estimate of drug-likeness (QED) is 0.626. The van der Waals surface area contributed by atoms with Crippen LogP contribution in [0.3, 0.4) is 0 Å². The van der Waals surface area contributed by atoms with Crippen LogP contribution in [0.25, 0.3) is 5.57 Å². The summed E-state index contributed by atoms with van der Waals surface area (Å²) in [6.07, 6.45) is 0.495. The molecular weight excluding hydrogens is 426 g/mol. The van der Waals surface area contributed by atoms with Crippen molar-refractivity contribution in [1.29, 1.82) is 0 Å². The summed E-state index contributed by atoms with van der Waals surface area (Å²) in [7, 11) is 1.32. The number of carbonyl (C=O) groups excluding carboxylic acids is 2. The standard InChI is InChI=1S/C24H19N3O4S/c1-3-15-18(23(30)31-2)19(13-9-5-4-6-10-13)27-22(29)20(32-24(27)26-15)17-14-11-7-8-12-16(14)25-21(17)28/h4-12,19H,3H2,1-2H3,(H,25,28)/b20-17-/t19-/m0/s1. The summed E-state index contributed by atoms with van der Waals surface area (Å²) < 4.78 is 6.86. The molecule has 160 valence electrons. The zero-order valence-corrected chi connectivity index (χ0v) is 18.2. The van der Waals surface area contributed by atoms with E-state index in [0.717, 1.165) is 5.56 Å². The molecule has 1 N–H and O–H groups in total. The smallest absolute Gasteiger partial charge is 0.338 e. The lowest BCUT2D eigenvalue weighted by Gasteiger charge is -2.25. The third-order valence-electron chi connectivity index (χ3n) is 5.64. The molecule has 3 aromatic rings. The van der Waals surface area contributed by atoms with Gasteiger partial charge in [-0.25, -0.2) is 9.79 Å². The molecule has 0 aliphatic carbocycles. The summed E-state index contributed by atoms with van der Waals surface area (Å²) >= 11 is 1.17. The van der Waals surface area contributed by atoms with E-state index >= 15 is 0 Å². The minimum Gasteiger partial charge on any atom is -0.466 e. The molecule has 1 amide bonds. The number of nitrogens with one attached hydrogen (secondary N) is 1. The van der Waals surface area contributed by atoms with Gasteiger partial charge >= 0.3 is 5.97 Å². The van der Waals surface area contributed by atoms with Gasteiger partial charge in [-0.15, -0.1) is 0 Å². The summed E-state index contributed by atoms with van der Waals surface area (Å²) in [4.78, 5) is 44.4. The highest BCUT2D eigenvalue weighted by Crippen LogP contribution is 2.32. The normalized spacial score (nSPS) is 18.6. The van der Waals surface area contributed by atoms with Crippen LogP contribution in [0, 0.1) is 0 Å². The van der Waals surface area contributed by atoms with Crippen LogP contribution in [0.1, 0.15) is 30.5 Å². The maximum atomic E-state index is 13.7. The number of fused-ring (bicyclic) bond motifs is 2. The van der Waals surface area contributed by atoms with Crippen molar-refractivity contribution in [3.63, 3.8) is 0 Å². The number of allylic oxidation sites excluding steroid dienone is 1. The average molecular weight is 446 g/mol. The van der Waals surface area contributed by atoms with E-state index in [4.69, 9.17) is 4.74 Å². The van der Waals surface area contributed by atoms with Crippen molar-refractivity contribution in [2.45, 2.75) is 19.4 Å². The van der Waals surface area contributed by atoms with E-state index in [2.05, 4.69) is 10.3 Å². The van der Waals surface area contributed by atoms with Gasteiger partial charge in [-0.2, -0.15) is 0 Å². The highest BCUT2D eigenvalue weighted by atomic mass is 32.1. The molecule has 5 rings (SSSR count). The average Bonchev–Trinajstić information content (AvgIpc) is 3.32. The number of anilines is 1. The Kier molecular flexibility index (Phi) is 4.86. The molecule has 1 aromatic heterocycles. The van der Waals surface area contributed by atoms with Crippen LogP contribution >= 0.6 is 11.3 Å².